The Morgan fingerprint density at radius 1 is 1.53 bits per heavy atom. The van der Waals surface area contributed by atoms with Gasteiger partial charge in [-0.1, -0.05) is 0 Å². The largest absolute Gasteiger partial charge is 0.480 e. The summed E-state index contributed by atoms with van der Waals surface area (Å²) < 4.78 is 25.8. The molecule has 1 unspecified atom stereocenters. The van der Waals surface area contributed by atoms with Crippen molar-refractivity contribution in [2.45, 2.75) is 12.5 Å². The highest BCUT2D eigenvalue weighted by atomic mass is 32.2. The molecule has 0 aromatic heterocycles. The number of nitrogens with one attached hydrogen (secondary N) is 1. The molecule has 0 saturated heterocycles. The summed E-state index contributed by atoms with van der Waals surface area (Å²) >= 11 is 1.47. The zero-order chi connectivity index (χ0) is 12.1. The van der Waals surface area contributed by atoms with Gasteiger partial charge in [-0.25, -0.2) is 0 Å². The van der Waals surface area contributed by atoms with Crippen molar-refractivity contribution >= 4 is 27.9 Å². The van der Waals surface area contributed by atoms with Gasteiger partial charge >= 0.3 is 5.97 Å². The van der Waals surface area contributed by atoms with E-state index in [1.165, 1.54) is 25.9 Å². The van der Waals surface area contributed by atoms with Gasteiger partial charge in [0.15, 0.2) is 0 Å². The zero-order valence-electron chi connectivity index (χ0n) is 8.93. The molecule has 0 rings (SSSR count). The van der Waals surface area contributed by atoms with Crippen molar-refractivity contribution in [2.75, 3.05) is 26.1 Å². The first-order valence-electron chi connectivity index (χ1n) is 4.22. The molecule has 0 aliphatic rings. The summed E-state index contributed by atoms with van der Waals surface area (Å²) in [7, 11) is -0.993. The lowest BCUT2D eigenvalue weighted by atomic mass is 10.2. The van der Waals surface area contributed by atoms with Gasteiger partial charge in [-0.3, -0.25) is 4.79 Å². The second-order valence-corrected chi connectivity index (χ2v) is 5.98. The van der Waals surface area contributed by atoms with Gasteiger partial charge in [0, 0.05) is 14.1 Å². The van der Waals surface area contributed by atoms with Crippen molar-refractivity contribution in [3.05, 3.63) is 0 Å². The topological polar surface area (TPSA) is 86.7 Å². The highest BCUT2D eigenvalue weighted by molar-refractivity contribution is 7.98. The predicted molar refractivity (Wildman–Crippen MR) is 60.2 cm³/mol. The average Bonchev–Trinajstić information content (AvgIpc) is 2.11. The van der Waals surface area contributed by atoms with Crippen LogP contribution in [0.25, 0.3) is 0 Å². The minimum atomic E-state index is -3.68. The van der Waals surface area contributed by atoms with E-state index in [9.17, 15) is 13.2 Å². The van der Waals surface area contributed by atoms with Crippen LogP contribution in [0, 0.1) is 0 Å². The third kappa shape index (κ3) is 5.36. The molecular weight excluding hydrogens is 240 g/mol. The third-order valence-corrected chi connectivity index (χ3v) is 3.87. The van der Waals surface area contributed by atoms with E-state index in [-0.39, 0.29) is 6.42 Å². The number of carboxylic acids is 1. The molecule has 0 aliphatic carbocycles. The van der Waals surface area contributed by atoms with Gasteiger partial charge in [-0.15, -0.1) is 0 Å². The van der Waals surface area contributed by atoms with Crippen LogP contribution in [-0.2, 0) is 15.0 Å². The van der Waals surface area contributed by atoms with Crippen molar-refractivity contribution in [1.29, 1.82) is 0 Å². The smallest absolute Gasteiger partial charge is 0.321 e. The maximum absolute atomic E-state index is 11.4. The summed E-state index contributed by atoms with van der Waals surface area (Å²) in [6.07, 6.45) is 2.10. The van der Waals surface area contributed by atoms with Gasteiger partial charge in [0.05, 0.1) is 0 Å². The van der Waals surface area contributed by atoms with Crippen LogP contribution in [0.15, 0.2) is 0 Å². The second-order valence-electron chi connectivity index (χ2n) is 3.08. The maximum Gasteiger partial charge on any atom is 0.321 e. The van der Waals surface area contributed by atoms with E-state index >= 15 is 0 Å². The van der Waals surface area contributed by atoms with Crippen molar-refractivity contribution in [2.24, 2.45) is 0 Å². The molecule has 2 N–H and O–H groups in total. The lowest BCUT2D eigenvalue weighted by molar-refractivity contribution is -0.139. The Kier molecular flexibility index (Phi) is 6.18. The Balaban J connectivity index is 4.48. The van der Waals surface area contributed by atoms with Crippen molar-refractivity contribution in [1.82, 2.24) is 9.03 Å². The lowest BCUT2D eigenvalue weighted by Gasteiger charge is -2.17. The average molecular weight is 256 g/mol. The van der Waals surface area contributed by atoms with E-state index in [0.717, 1.165) is 4.31 Å². The summed E-state index contributed by atoms with van der Waals surface area (Å²) in [6.45, 7) is 0. The van der Waals surface area contributed by atoms with Crippen molar-refractivity contribution in [3.63, 3.8) is 0 Å². The minimum Gasteiger partial charge on any atom is -0.480 e. The Bertz CT molecular complexity index is 302. The third-order valence-electron chi connectivity index (χ3n) is 1.68. The van der Waals surface area contributed by atoms with Gasteiger partial charge < -0.3 is 5.11 Å². The molecule has 0 amide bonds. The summed E-state index contributed by atoms with van der Waals surface area (Å²) in [5.74, 6) is -0.568. The van der Waals surface area contributed by atoms with E-state index in [4.69, 9.17) is 5.11 Å². The standard InChI is InChI=1S/C7H16N2O4S2/c1-9(2)15(12,13)8-6(7(10)11)4-5-14-3/h6,8H,4-5H2,1-3H3,(H,10,11). The number of nitrogens with zero attached hydrogens (tertiary/aromatic N) is 1. The fraction of sp³-hybridized carbons (Fsp3) is 0.857. The molecule has 0 spiro atoms. The molecule has 8 heteroatoms. The van der Waals surface area contributed by atoms with Crippen LogP contribution in [0.5, 0.6) is 0 Å². The SMILES string of the molecule is CSCCC(NS(=O)(=O)N(C)C)C(=O)O. The summed E-state index contributed by atoms with van der Waals surface area (Å²) in [4.78, 5) is 10.8. The van der Waals surface area contributed by atoms with E-state index in [1.807, 2.05) is 6.26 Å². The maximum atomic E-state index is 11.4. The Morgan fingerprint density at radius 2 is 2.07 bits per heavy atom. The van der Waals surface area contributed by atoms with Crippen molar-refractivity contribution < 1.29 is 18.3 Å². The number of thioether (sulfide) groups is 1. The fourth-order valence-corrected chi connectivity index (χ4v) is 2.01. The normalized spacial score (nSPS) is 14.1. The molecule has 0 radical (unpaired) electrons. The van der Waals surface area contributed by atoms with Crippen LogP contribution < -0.4 is 4.72 Å². The highest BCUT2D eigenvalue weighted by Gasteiger charge is 2.24. The zero-order valence-corrected chi connectivity index (χ0v) is 10.6. The molecule has 0 saturated carbocycles. The van der Waals surface area contributed by atoms with Crippen LogP contribution >= 0.6 is 11.8 Å². The molecule has 0 aliphatic heterocycles. The molecule has 1 atom stereocenters. The molecule has 0 aromatic rings. The van der Waals surface area contributed by atoms with Gasteiger partial charge in [-0.05, 0) is 18.4 Å². The van der Waals surface area contributed by atoms with Gasteiger partial charge in [-0.2, -0.15) is 29.2 Å². The van der Waals surface area contributed by atoms with E-state index < -0.39 is 22.2 Å². The van der Waals surface area contributed by atoms with Crippen LogP contribution in [0.2, 0.25) is 0 Å². The van der Waals surface area contributed by atoms with Gasteiger partial charge in [0.1, 0.15) is 6.04 Å². The first-order valence-corrected chi connectivity index (χ1v) is 7.06. The number of aliphatic carboxylic acids is 1. The number of carbonyl (C=O) groups is 1. The molecule has 0 fully saturated rings. The Labute approximate surface area is 94.2 Å². The predicted octanol–water partition coefficient (Wildman–Crippen LogP) is -0.411. The fourth-order valence-electron chi connectivity index (χ4n) is 0.754. The number of carboxylic acid groups (broad SMARTS) is 1. The molecular formula is C7H16N2O4S2. The van der Waals surface area contributed by atoms with E-state index in [0.29, 0.717) is 5.75 Å². The number of hydrogen-bond donors (Lipinski definition) is 2. The quantitative estimate of drug-likeness (QED) is 0.646. The number of rotatable bonds is 7. The first kappa shape index (κ1) is 14.7. The summed E-state index contributed by atoms with van der Waals surface area (Å²) in [6, 6.07) is -1.06. The molecule has 15 heavy (non-hydrogen) atoms. The second kappa shape index (κ2) is 6.31. The van der Waals surface area contributed by atoms with Crippen LogP contribution in [-0.4, -0.2) is 55.9 Å². The van der Waals surface area contributed by atoms with Gasteiger partial charge in [0.25, 0.3) is 10.2 Å². The van der Waals surface area contributed by atoms with Gasteiger partial charge in [0.2, 0.25) is 0 Å². The van der Waals surface area contributed by atoms with Crippen molar-refractivity contribution in [3.8, 4) is 0 Å². The lowest BCUT2D eigenvalue weighted by Crippen LogP contribution is -2.46. The molecule has 6 nitrogen and oxygen atoms in total. The van der Waals surface area contributed by atoms with Crippen LogP contribution in [0.3, 0.4) is 0 Å². The molecule has 0 aromatic carbocycles. The highest BCUT2D eigenvalue weighted by Crippen LogP contribution is 2.03. The van der Waals surface area contributed by atoms with E-state index in [1.54, 1.807) is 0 Å². The number of hydrogen-bond acceptors (Lipinski definition) is 4. The Hall–Kier alpha value is -0.310. The van der Waals surface area contributed by atoms with E-state index in [2.05, 4.69) is 4.72 Å². The minimum absolute atomic E-state index is 0.267. The molecule has 90 valence electrons. The summed E-state index contributed by atoms with van der Waals surface area (Å²) in [5, 5.41) is 8.79. The Morgan fingerprint density at radius 3 is 2.40 bits per heavy atom. The summed E-state index contributed by atoms with van der Waals surface area (Å²) in [5.41, 5.74) is 0. The molecule has 0 bridgehead atoms. The van der Waals surface area contributed by atoms with Crippen LogP contribution in [0.4, 0.5) is 0 Å². The molecule has 0 heterocycles. The van der Waals surface area contributed by atoms with Crippen LogP contribution in [0.1, 0.15) is 6.42 Å². The monoisotopic (exact) mass is 256 g/mol. The first-order chi connectivity index (χ1) is 6.81.